The van der Waals surface area contributed by atoms with Crippen molar-refractivity contribution in [2.75, 3.05) is 0 Å². The number of nitro groups is 1. The fourth-order valence-corrected chi connectivity index (χ4v) is 3.23. The van der Waals surface area contributed by atoms with Gasteiger partial charge in [-0.25, -0.2) is 4.98 Å². The van der Waals surface area contributed by atoms with Crippen LogP contribution in [0.3, 0.4) is 0 Å². The Hall–Kier alpha value is -4.26. The van der Waals surface area contributed by atoms with Crippen molar-refractivity contribution >= 4 is 29.8 Å². The summed E-state index contributed by atoms with van der Waals surface area (Å²) < 4.78 is 7.46. The third-order valence-electron chi connectivity index (χ3n) is 4.81. The molecule has 31 heavy (non-hydrogen) atoms. The SMILES string of the molecule is Cc1ccn2c(C=O)c(C=Cc3ccc([N+](=O)[O-])c(OCc4ccccc4)c3)nc2c1. The van der Waals surface area contributed by atoms with Crippen LogP contribution in [0.2, 0.25) is 0 Å². The molecule has 0 unspecified atom stereocenters. The summed E-state index contributed by atoms with van der Waals surface area (Å²) in [7, 11) is 0. The van der Waals surface area contributed by atoms with E-state index >= 15 is 0 Å². The van der Waals surface area contributed by atoms with Crippen molar-refractivity contribution in [3.63, 3.8) is 0 Å². The Bertz CT molecular complexity index is 1290. The minimum absolute atomic E-state index is 0.107. The highest BCUT2D eigenvalue weighted by Crippen LogP contribution is 2.29. The molecular formula is C24H19N3O4. The van der Waals surface area contributed by atoms with Crippen LogP contribution in [-0.4, -0.2) is 20.6 Å². The van der Waals surface area contributed by atoms with Crippen LogP contribution in [0.15, 0.2) is 66.9 Å². The molecule has 0 amide bonds. The third kappa shape index (κ3) is 4.35. The molecule has 0 radical (unpaired) electrons. The van der Waals surface area contributed by atoms with Crippen molar-refractivity contribution < 1.29 is 14.5 Å². The molecule has 4 aromatic rings. The number of aryl methyl sites for hydroxylation is 1. The molecule has 0 spiro atoms. The molecule has 4 rings (SSSR count). The molecule has 0 aliphatic heterocycles. The first-order chi connectivity index (χ1) is 15.0. The lowest BCUT2D eigenvalue weighted by molar-refractivity contribution is -0.385. The van der Waals surface area contributed by atoms with Gasteiger partial charge in [0.2, 0.25) is 0 Å². The number of aldehydes is 1. The van der Waals surface area contributed by atoms with E-state index < -0.39 is 4.92 Å². The second-order valence-electron chi connectivity index (χ2n) is 7.02. The van der Waals surface area contributed by atoms with Crippen LogP contribution in [0.1, 0.15) is 32.9 Å². The van der Waals surface area contributed by atoms with Crippen molar-refractivity contribution in [1.29, 1.82) is 0 Å². The van der Waals surface area contributed by atoms with E-state index in [9.17, 15) is 14.9 Å². The maximum atomic E-state index is 11.6. The van der Waals surface area contributed by atoms with Crippen LogP contribution in [0.4, 0.5) is 5.69 Å². The molecule has 0 bridgehead atoms. The fourth-order valence-electron chi connectivity index (χ4n) is 3.23. The first kappa shape index (κ1) is 20.0. The fraction of sp³-hybridized carbons (Fsp3) is 0.0833. The van der Waals surface area contributed by atoms with Gasteiger partial charge in [-0.3, -0.25) is 19.3 Å². The summed E-state index contributed by atoms with van der Waals surface area (Å²) in [6.07, 6.45) is 6.04. The lowest BCUT2D eigenvalue weighted by Crippen LogP contribution is -1.99. The number of benzene rings is 2. The topological polar surface area (TPSA) is 86.7 Å². The highest BCUT2D eigenvalue weighted by atomic mass is 16.6. The van der Waals surface area contributed by atoms with Crippen LogP contribution < -0.4 is 4.74 Å². The zero-order valence-corrected chi connectivity index (χ0v) is 16.8. The summed E-state index contributed by atoms with van der Waals surface area (Å²) in [4.78, 5) is 27.0. The van der Waals surface area contributed by atoms with E-state index in [1.165, 1.54) is 6.07 Å². The van der Waals surface area contributed by atoms with E-state index in [2.05, 4.69) is 4.98 Å². The Kier molecular flexibility index (Phi) is 5.57. The number of rotatable bonds is 7. The predicted molar refractivity (Wildman–Crippen MR) is 118 cm³/mol. The van der Waals surface area contributed by atoms with Gasteiger partial charge in [0.1, 0.15) is 17.9 Å². The van der Waals surface area contributed by atoms with Gasteiger partial charge >= 0.3 is 5.69 Å². The minimum atomic E-state index is -0.469. The van der Waals surface area contributed by atoms with Gasteiger partial charge in [-0.05, 0) is 54.0 Å². The first-order valence-electron chi connectivity index (χ1n) is 9.62. The summed E-state index contributed by atoms with van der Waals surface area (Å²) in [5, 5.41) is 11.4. The van der Waals surface area contributed by atoms with E-state index in [-0.39, 0.29) is 18.0 Å². The average molecular weight is 413 g/mol. The maximum absolute atomic E-state index is 11.6. The number of imidazole rings is 1. The number of fused-ring (bicyclic) bond motifs is 1. The molecule has 7 heteroatoms. The van der Waals surface area contributed by atoms with Gasteiger partial charge in [0.25, 0.3) is 0 Å². The molecule has 2 aromatic carbocycles. The monoisotopic (exact) mass is 413 g/mol. The quantitative estimate of drug-likeness (QED) is 0.239. The summed E-state index contributed by atoms with van der Waals surface area (Å²) in [6, 6.07) is 17.9. The number of pyridine rings is 1. The third-order valence-corrected chi connectivity index (χ3v) is 4.81. The van der Waals surface area contributed by atoms with Gasteiger partial charge in [-0.1, -0.05) is 36.4 Å². The second kappa shape index (κ2) is 8.62. The van der Waals surface area contributed by atoms with Crippen molar-refractivity contribution in [2.45, 2.75) is 13.5 Å². The summed E-state index contributed by atoms with van der Waals surface area (Å²) in [5.74, 6) is 0.178. The molecule has 2 heterocycles. The van der Waals surface area contributed by atoms with E-state index in [1.807, 2.05) is 49.4 Å². The van der Waals surface area contributed by atoms with E-state index in [4.69, 9.17) is 4.74 Å². The normalized spacial score (nSPS) is 11.1. The second-order valence-corrected chi connectivity index (χ2v) is 7.02. The lowest BCUT2D eigenvalue weighted by atomic mass is 10.1. The molecule has 0 saturated heterocycles. The van der Waals surface area contributed by atoms with Crippen LogP contribution in [-0.2, 0) is 6.61 Å². The largest absolute Gasteiger partial charge is 0.482 e. The van der Waals surface area contributed by atoms with E-state index in [0.29, 0.717) is 22.6 Å². The van der Waals surface area contributed by atoms with Gasteiger partial charge in [0.05, 0.1) is 10.6 Å². The number of carbonyl (C=O) groups is 1. The van der Waals surface area contributed by atoms with Gasteiger partial charge in [0.15, 0.2) is 12.0 Å². The predicted octanol–water partition coefficient (Wildman–Crippen LogP) is 5.11. The van der Waals surface area contributed by atoms with Crippen molar-refractivity contribution in [1.82, 2.24) is 9.38 Å². The number of hydrogen-bond acceptors (Lipinski definition) is 5. The number of nitrogens with zero attached hydrogens (tertiary/aromatic N) is 3. The molecule has 0 aliphatic rings. The summed E-state index contributed by atoms with van der Waals surface area (Å²) in [6.45, 7) is 2.18. The number of carbonyl (C=O) groups excluding carboxylic acids is 1. The van der Waals surface area contributed by atoms with Crippen LogP contribution in [0, 0.1) is 17.0 Å². The van der Waals surface area contributed by atoms with Gasteiger partial charge in [-0.2, -0.15) is 0 Å². The first-order valence-corrected chi connectivity index (χ1v) is 9.62. The van der Waals surface area contributed by atoms with E-state index in [1.54, 1.807) is 34.9 Å². The van der Waals surface area contributed by atoms with Crippen LogP contribution in [0.25, 0.3) is 17.8 Å². The molecule has 0 aliphatic carbocycles. The molecule has 0 saturated carbocycles. The lowest BCUT2D eigenvalue weighted by Gasteiger charge is -2.08. The van der Waals surface area contributed by atoms with Crippen molar-refractivity contribution in [3.8, 4) is 5.75 Å². The Labute approximate surface area is 178 Å². The Morgan fingerprint density at radius 1 is 1.10 bits per heavy atom. The van der Waals surface area contributed by atoms with Gasteiger partial charge < -0.3 is 4.74 Å². The number of ether oxygens (including phenoxy) is 1. The van der Waals surface area contributed by atoms with Crippen LogP contribution >= 0.6 is 0 Å². The molecule has 7 nitrogen and oxygen atoms in total. The molecular weight excluding hydrogens is 394 g/mol. The minimum Gasteiger partial charge on any atom is -0.482 e. The molecule has 0 atom stereocenters. The van der Waals surface area contributed by atoms with Crippen molar-refractivity contribution in [3.05, 3.63) is 105 Å². The number of aromatic nitrogens is 2. The summed E-state index contributed by atoms with van der Waals surface area (Å²) in [5.41, 5.74) is 4.18. The molecule has 154 valence electrons. The molecule has 0 N–H and O–H groups in total. The summed E-state index contributed by atoms with van der Waals surface area (Å²) >= 11 is 0. The zero-order valence-electron chi connectivity index (χ0n) is 16.8. The Balaban J connectivity index is 1.64. The molecule has 0 fully saturated rings. The average Bonchev–Trinajstić information content (AvgIpc) is 3.13. The Morgan fingerprint density at radius 3 is 2.65 bits per heavy atom. The van der Waals surface area contributed by atoms with Crippen molar-refractivity contribution in [2.24, 2.45) is 0 Å². The maximum Gasteiger partial charge on any atom is 0.310 e. The zero-order chi connectivity index (χ0) is 21.8. The number of hydrogen-bond donors (Lipinski definition) is 0. The van der Waals surface area contributed by atoms with Gasteiger partial charge in [-0.15, -0.1) is 0 Å². The molecule has 2 aromatic heterocycles. The highest BCUT2D eigenvalue weighted by Gasteiger charge is 2.16. The van der Waals surface area contributed by atoms with E-state index in [0.717, 1.165) is 17.4 Å². The standard InChI is InChI=1S/C24H19N3O4/c1-17-11-12-26-22(15-28)20(25-24(26)13-17)9-7-18-8-10-21(27(29)30)23(14-18)31-16-19-5-3-2-4-6-19/h2-15H,16H2,1H3. The highest BCUT2D eigenvalue weighted by molar-refractivity contribution is 5.84. The van der Waals surface area contributed by atoms with Gasteiger partial charge in [0, 0.05) is 12.3 Å². The smallest absolute Gasteiger partial charge is 0.310 e. The Morgan fingerprint density at radius 2 is 1.90 bits per heavy atom. The van der Waals surface area contributed by atoms with Crippen LogP contribution in [0.5, 0.6) is 5.75 Å². The number of nitro benzene ring substituents is 1.